The molecule has 0 saturated heterocycles. The minimum Gasteiger partial charge on any atom is -0.320 e. The first-order valence-electron chi connectivity index (χ1n) is 6.61. The number of rotatable bonds is 3. The van der Waals surface area contributed by atoms with E-state index in [9.17, 15) is 9.18 Å². The number of hydrogen-bond acceptors (Lipinski definition) is 2. The van der Waals surface area contributed by atoms with Gasteiger partial charge in [0.1, 0.15) is 5.82 Å². The number of carbonyl (C=O) groups is 1. The molecule has 0 spiro atoms. The van der Waals surface area contributed by atoms with Crippen molar-refractivity contribution in [3.05, 3.63) is 76.3 Å². The molecular weight excluding hydrogens is 340 g/mol. The van der Waals surface area contributed by atoms with Crippen molar-refractivity contribution in [2.75, 3.05) is 5.32 Å². The van der Waals surface area contributed by atoms with Crippen LogP contribution >= 0.6 is 23.2 Å². The van der Waals surface area contributed by atoms with Gasteiger partial charge in [0.2, 0.25) is 0 Å². The highest BCUT2D eigenvalue weighted by Gasteiger charge is 2.11. The van der Waals surface area contributed by atoms with E-state index in [0.29, 0.717) is 10.7 Å². The quantitative estimate of drug-likeness (QED) is 0.752. The maximum atomic E-state index is 13.4. The first-order valence-corrected chi connectivity index (χ1v) is 7.36. The Kier molecular flexibility index (Phi) is 4.32. The van der Waals surface area contributed by atoms with Crippen LogP contribution in [0.25, 0.3) is 5.69 Å². The lowest BCUT2D eigenvalue weighted by atomic mass is 10.3. The van der Waals surface area contributed by atoms with E-state index in [1.807, 2.05) is 6.07 Å². The van der Waals surface area contributed by atoms with Crippen molar-refractivity contribution in [2.45, 2.75) is 0 Å². The third kappa shape index (κ3) is 3.52. The van der Waals surface area contributed by atoms with Crippen LogP contribution in [0.5, 0.6) is 0 Å². The molecule has 0 radical (unpaired) electrons. The van der Waals surface area contributed by atoms with E-state index in [1.54, 1.807) is 30.5 Å². The van der Waals surface area contributed by atoms with Crippen molar-refractivity contribution >= 4 is 34.8 Å². The Morgan fingerprint density at radius 3 is 2.70 bits per heavy atom. The number of carbonyl (C=O) groups excluding carboxylic acids is 1. The van der Waals surface area contributed by atoms with Crippen molar-refractivity contribution in [3.8, 4) is 5.69 Å². The van der Waals surface area contributed by atoms with Crippen LogP contribution in [0.3, 0.4) is 0 Å². The van der Waals surface area contributed by atoms with Crippen LogP contribution < -0.4 is 5.32 Å². The summed E-state index contributed by atoms with van der Waals surface area (Å²) in [6.45, 7) is 0. The first kappa shape index (κ1) is 15.5. The Hall–Kier alpha value is -2.37. The molecule has 1 N–H and O–H groups in total. The van der Waals surface area contributed by atoms with Crippen LogP contribution in [0.15, 0.2) is 54.7 Å². The number of anilines is 1. The third-order valence-corrected chi connectivity index (χ3v) is 3.61. The highest BCUT2D eigenvalue weighted by molar-refractivity contribution is 6.31. The van der Waals surface area contributed by atoms with Crippen molar-refractivity contribution in [1.82, 2.24) is 9.78 Å². The molecule has 7 heteroatoms. The van der Waals surface area contributed by atoms with Gasteiger partial charge >= 0.3 is 0 Å². The molecule has 2 aromatic carbocycles. The molecule has 0 bridgehead atoms. The molecule has 0 fully saturated rings. The minimum absolute atomic E-state index is 0.00627. The molecule has 0 atom stereocenters. The second-order valence-electron chi connectivity index (χ2n) is 4.71. The monoisotopic (exact) mass is 349 g/mol. The van der Waals surface area contributed by atoms with Gasteiger partial charge in [-0.2, -0.15) is 5.10 Å². The number of halogens is 3. The summed E-state index contributed by atoms with van der Waals surface area (Å²) in [5.41, 5.74) is 1.23. The van der Waals surface area contributed by atoms with Gasteiger partial charge in [0.25, 0.3) is 5.91 Å². The maximum Gasteiger partial charge on any atom is 0.276 e. The largest absolute Gasteiger partial charge is 0.320 e. The molecule has 4 nitrogen and oxygen atoms in total. The summed E-state index contributed by atoms with van der Waals surface area (Å²) in [7, 11) is 0. The second kappa shape index (κ2) is 6.40. The third-order valence-electron chi connectivity index (χ3n) is 3.07. The topological polar surface area (TPSA) is 46.9 Å². The summed E-state index contributed by atoms with van der Waals surface area (Å²) < 4.78 is 14.9. The molecule has 3 aromatic rings. The van der Waals surface area contributed by atoms with Crippen LogP contribution in [-0.4, -0.2) is 15.7 Å². The average Bonchev–Trinajstić information content (AvgIpc) is 3.01. The number of benzene rings is 2. The van der Waals surface area contributed by atoms with Crippen LogP contribution in [0.1, 0.15) is 10.5 Å². The SMILES string of the molecule is O=C(Nc1ccc(Cl)c(F)c1)c1ccn(-c2cccc(Cl)c2)n1. The lowest BCUT2D eigenvalue weighted by Crippen LogP contribution is -2.13. The van der Waals surface area contributed by atoms with Gasteiger partial charge < -0.3 is 5.32 Å². The maximum absolute atomic E-state index is 13.4. The lowest BCUT2D eigenvalue weighted by Gasteiger charge is -2.04. The lowest BCUT2D eigenvalue weighted by molar-refractivity contribution is 0.102. The highest BCUT2D eigenvalue weighted by atomic mass is 35.5. The molecule has 0 aliphatic carbocycles. The van der Waals surface area contributed by atoms with Crippen LogP contribution in [0.2, 0.25) is 10.0 Å². The Bertz CT molecular complexity index is 879. The Morgan fingerprint density at radius 2 is 1.96 bits per heavy atom. The van der Waals surface area contributed by atoms with E-state index in [1.165, 1.54) is 16.8 Å². The molecule has 3 rings (SSSR count). The normalized spacial score (nSPS) is 10.6. The minimum atomic E-state index is -0.603. The number of aromatic nitrogens is 2. The smallest absolute Gasteiger partial charge is 0.276 e. The fraction of sp³-hybridized carbons (Fsp3) is 0. The summed E-state index contributed by atoms with van der Waals surface area (Å²) in [6.07, 6.45) is 1.64. The number of nitrogens with one attached hydrogen (secondary N) is 1. The fourth-order valence-corrected chi connectivity index (χ4v) is 2.28. The van der Waals surface area contributed by atoms with E-state index < -0.39 is 11.7 Å². The molecule has 116 valence electrons. The zero-order chi connectivity index (χ0) is 16.4. The van der Waals surface area contributed by atoms with Crippen molar-refractivity contribution in [1.29, 1.82) is 0 Å². The molecule has 1 heterocycles. The highest BCUT2D eigenvalue weighted by Crippen LogP contribution is 2.19. The van der Waals surface area contributed by atoms with Gasteiger partial charge in [0.05, 0.1) is 10.7 Å². The Morgan fingerprint density at radius 1 is 1.13 bits per heavy atom. The van der Waals surface area contributed by atoms with E-state index in [4.69, 9.17) is 23.2 Å². The second-order valence-corrected chi connectivity index (χ2v) is 5.55. The van der Waals surface area contributed by atoms with Crippen molar-refractivity contribution < 1.29 is 9.18 Å². The molecule has 1 amide bonds. The summed E-state index contributed by atoms with van der Waals surface area (Å²) in [4.78, 5) is 12.2. The zero-order valence-electron chi connectivity index (χ0n) is 11.6. The van der Waals surface area contributed by atoms with Crippen LogP contribution in [0.4, 0.5) is 10.1 Å². The molecular formula is C16H10Cl2FN3O. The molecule has 23 heavy (non-hydrogen) atoms. The summed E-state index contributed by atoms with van der Waals surface area (Å²) >= 11 is 11.5. The first-order chi connectivity index (χ1) is 11.0. The van der Waals surface area contributed by atoms with E-state index in [-0.39, 0.29) is 10.7 Å². The number of nitrogens with zero attached hydrogens (tertiary/aromatic N) is 2. The zero-order valence-corrected chi connectivity index (χ0v) is 13.1. The molecule has 0 aliphatic rings. The molecule has 0 aliphatic heterocycles. The Labute approximate surface area is 141 Å². The predicted molar refractivity (Wildman–Crippen MR) is 87.9 cm³/mol. The molecule has 0 saturated carbocycles. The number of hydrogen-bond donors (Lipinski definition) is 1. The van der Waals surface area contributed by atoms with Gasteiger partial charge in [-0.3, -0.25) is 4.79 Å². The van der Waals surface area contributed by atoms with Crippen LogP contribution in [0, 0.1) is 5.82 Å². The summed E-state index contributed by atoms with van der Waals surface area (Å²) in [5.74, 6) is -1.05. The summed E-state index contributed by atoms with van der Waals surface area (Å²) in [5, 5.41) is 7.31. The van der Waals surface area contributed by atoms with Gasteiger partial charge in [-0.1, -0.05) is 29.3 Å². The van der Waals surface area contributed by atoms with Gasteiger partial charge in [-0.05, 0) is 42.5 Å². The number of amides is 1. The van der Waals surface area contributed by atoms with E-state index in [0.717, 1.165) is 11.8 Å². The van der Waals surface area contributed by atoms with E-state index >= 15 is 0 Å². The fourth-order valence-electron chi connectivity index (χ4n) is 1.98. The van der Waals surface area contributed by atoms with Crippen LogP contribution in [-0.2, 0) is 0 Å². The predicted octanol–water partition coefficient (Wildman–Crippen LogP) is 4.57. The summed E-state index contributed by atoms with van der Waals surface area (Å²) in [6, 6.07) is 12.7. The van der Waals surface area contributed by atoms with E-state index in [2.05, 4.69) is 10.4 Å². The molecule has 1 aromatic heterocycles. The Balaban J connectivity index is 1.79. The van der Waals surface area contributed by atoms with Gasteiger partial charge in [0, 0.05) is 16.9 Å². The van der Waals surface area contributed by atoms with Gasteiger partial charge in [-0.15, -0.1) is 0 Å². The van der Waals surface area contributed by atoms with Gasteiger partial charge in [0.15, 0.2) is 5.69 Å². The van der Waals surface area contributed by atoms with Gasteiger partial charge in [-0.25, -0.2) is 9.07 Å². The molecule has 0 unspecified atom stereocenters. The van der Waals surface area contributed by atoms with Crippen molar-refractivity contribution in [2.24, 2.45) is 0 Å². The van der Waals surface area contributed by atoms with Crippen molar-refractivity contribution in [3.63, 3.8) is 0 Å². The standard InChI is InChI=1S/C16H10Cl2FN3O/c17-10-2-1-3-12(8-10)22-7-6-15(21-22)16(23)20-11-4-5-13(18)14(19)9-11/h1-9H,(H,20,23). The average molecular weight is 350 g/mol.